The van der Waals surface area contributed by atoms with Crippen LogP contribution in [0.25, 0.3) is 0 Å². The van der Waals surface area contributed by atoms with Crippen LogP contribution in [0.4, 0.5) is 15.9 Å². The van der Waals surface area contributed by atoms with Crippen LogP contribution in [0.15, 0.2) is 36.7 Å². The number of carbonyl (C=O) groups is 1. The fraction of sp³-hybridized carbons (Fsp3) is 0.267. The van der Waals surface area contributed by atoms with Crippen molar-refractivity contribution in [3.05, 3.63) is 48.2 Å². The average Bonchev–Trinajstić information content (AvgIpc) is 3.04. The Hall–Kier alpha value is -2.50. The largest absolute Gasteiger partial charge is 0.339 e. The summed E-state index contributed by atoms with van der Waals surface area (Å²) in [5.41, 5.74) is 1.06. The van der Waals surface area contributed by atoms with E-state index >= 15 is 0 Å². The van der Waals surface area contributed by atoms with Crippen molar-refractivity contribution < 1.29 is 9.18 Å². The second kappa shape index (κ2) is 5.87. The smallest absolute Gasteiger partial charge is 0.274 e. The van der Waals surface area contributed by atoms with Crippen molar-refractivity contribution in [3.63, 3.8) is 0 Å². The Kier molecular flexibility index (Phi) is 3.77. The molecule has 0 spiro atoms. The Labute approximate surface area is 121 Å². The molecule has 0 radical (unpaired) electrons. The number of aromatic nitrogens is 2. The molecular weight excluding hydrogens is 271 g/mol. The minimum absolute atomic E-state index is 0.0756. The van der Waals surface area contributed by atoms with Crippen LogP contribution >= 0.6 is 0 Å². The van der Waals surface area contributed by atoms with E-state index in [1.165, 1.54) is 24.5 Å². The van der Waals surface area contributed by atoms with Crippen LogP contribution in [0.2, 0.25) is 0 Å². The van der Waals surface area contributed by atoms with Crippen molar-refractivity contribution in [3.8, 4) is 0 Å². The molecule has 1 aromatic heterocycles. The summed E-state index contributed by atoms with van der Waals surface area (Å²) < 4.78 is 12.8. The Morgan fingerprint density at radius 2 is 1.81 bits per heavy atom. The van der Waals surface area contributed by atoms with Crippen molar-refractivity contribution in [2.24, 2.45) is 0 Å². The molecule has 0 bridgehead atoms. The van der Waals surface area contributed by atoms with Gasteiger partial charge in [-0.1, -0.05) is 0 Å². The highest BCUT2D eigenvalue weighted by Crippen LogP contribution is 2.15. The number of anilines is 2. The van der Waals surface area contributed by atoms with Gasteiger partial charge in [0.05, 0.1) is 12.4 Å². The first-order valence-electron chi connectivity index (χ1n) is 6.86. The second-order valence-corrected chi connectivity index (χ2v) is 4.92. The molecular formula is C15H15FN4O. The van der Waals surface area contributed by atoms with Crippen LogP contribution in [-0.2, 0) is 0 Å². The molecule has 0 atom stereocenters. The minimum atomic E-state index is -0.293. The number of hydrogen-bond donors (Lipinski definition) is 1. The zero-order chi connectivity index (χ0) is 14.7. The van der Waals surface area contributed by atoms with Gasteiger partial charge in [0.2, 0.25) is 0 Å². The van der Waals surface area contributed by atoms with Gasteiger partial charge in [0, 0.05) is 18.8 Å². The summed E-state index contributed by atoms with van der Waals surface area (Å²) in [5.74, 6) is 0.145. The number of amides is 1. The highest BCUT2D eigenvalue weighted by atomic mass is 19.1. The molecule has 1 amide bonds. The van der Waals surface area contributed by atoms with E-state index < -0.39 is 0 Å². The number of hydrogen-bond acceptors (Lipinski definition) is 4. The van der Waals surface area contributed by atoms with Crippen LogP contribution in [0.5, 0.6) is 0 Å². The van der Waals surface area contributed by atoms with E-state index in [0.29, 0.717) is 17.2 Å². The van der Waals surface area contributed by atoms with Crippen LogP contribution in [0, 0.1) is 5.82 Å². The highest BCUT2D eigenvalue weighted by molar-refractivity contribution is 5.92. The molecule has 3 rings (SSSR count). The number of carbonyl (C=O) groups excluding carboxylic acids is 1. The van der Waals surface area contributed by atoms with Crippen molar-refractivity contribution in [1.29, 1.82) is 0 Å². The zero-order valence-corrected chi connectivity index (χ0v) is 11.4. The molecule has 21 heavy (non-hydrogen) atoms. The Morgan fingerprint density at radius 1 is 1.10 bits per heavy atom. The first-order chi connectivity index (χ1) is 10.2. The van der Waals surface area contributed by atoms with Crippen molar-refractivity contribution in [2.45, 2.75) is 12.8 Å². The van der Waals surface area contributed by atoms with E-state index in [0.717, 1.165) is 25.9 Å². The maximum Gasteiger partial charge on any atom is 0.274 e. The summed E-state index contributed by atoms with van der Waals surface area (Å²) >= 11 is 0. The van der Waals surface area contributed by atoms with Crippen LogP contribution in [0.1, 0.15) is 23.3 Å². The molecule has 0 unspecified atom stereocenters. The molecule has 1 aromatic carbocycles. The fourth-order valence-electron chi connectivity index (χ4n) is 2.27. The molecule has 2 heterocycles. The molecule has 1 saturated heterocycles. The van der Waals surface area contributed by atoms with Crippen molar-refractivity contribution in [2.75, 3.05) is 18.4 Å². The van der Waals surface area contributed by atoms with E-state index in [1.807, 2.05) is 0 Å². The van der Waals surface area contributed by atoms with Crippen molar-refractivity contribution >= 4 is 17.4 Å². The molecule has 1 fully saturated rings. The maximum absolute atomic E-state index is 12.8. The lowest BCUT2D eigenvalue weighted by atomic mass is 10.3. The van der Waals surface area contributed by atoms with Crippen molar-refractivity contribution in [1.82, 2.24) is 14.9 Å². The third kappa shape index (κ3) is 3.16. The van der Waals surface area contributed by atoms with E-state index in [4.69, 9.17) is 0 Å². The molecule has 1 aliphatic heterocycles. The van der Waals surface area contributed by atoms with Gasteiger partial charge >= 0.3 is 0 Å². The van der Waals surface area contributed by atoms with Gasteiger partial charge in [-0.15, -0.1) is 0 Å². The quantitative estimate of drug-likeness (QED) is 0.942. The highest BCUT2D eigenvalue weighted by Gasteiger charge is 2.20. The van der Waals surface area contributed by atoms with Crippen LogP contribution in [0.3, 0.4) is 0 Å². The first-order valence-corrected chi connectivity index (χ1v) is 6.86. The number of halogens is 1. The number of likely N-dealkylation sites (tertiary alicyclic amines) is 1. The van der Waals surface area contributed by atoms with Gasteiger partial charge in [-0.05, 0) is 37.1 Å². The van der Waals surface area contributed by atoms with Gasteiger partial charge in [0.1, 0.15) is 17.3 Å². The monoisotopic (exact) mass is 286 g/mol. The van der Waals surface area contributed by atoms with E-state index in [1.54, 1.807) is 17.0 Å². The van der Waals surface area contributed by atoms with Gasteiger partial charge in [0.25, 0.3) is 5.91 Å². The molecule has 2 aromatic rings. The number of benzene rings is 1. The molecule has 6 heteroatoms. The predicted octanol–water partition coefficient (Wildman–Crippen LogP) is 2.60. The second-order valence-electron chi connectivity index (χ2n) is 4.92. The molecule has 108 valence electrons. The predicted molar refractivity (Wildman–Crippen MR) is 76.9 cm³/mol. The lowest BCUT2D eigenvalue weighted by Gasteiger charge is -2.14. The van der Waals surface area contributed by atoms with E-state index in [9.17, 15) is 9.18 Å². The summed E-state index contributed by atoms with van der Waals surface area (Å²) in [6.45, 7) is 1.58. The SMILES string of the molecule is O=C(c1cnc(Nc2ccc(F)cc2)cn1)N1CCCC1. The lowest BCUT2D eigenvalue weighted by Crippen LogP contribution is -2.28. The number of rotatable bonds is 3. The summed E-state index contributed by atoms with van der Waals surface area (Å²) in [7, 11) is 0. The van der Waals surface area contributed by atoms with Gasteiger partial charge in [0.15, 0.2) is 0 Å². The zero-order valence-electron chi connectivity index (χ0n) is 11.4. The summed E-state index contributed by atoms with van der Waals surface area (Å²) in [4.78, 5) is 22.2. The first kappa shape index (κ1) is 13.5. The average molecular weight is 286 g/mol. The van der Waals surface area contributed by atoms with Gasteiger partial charge in [-0.3, -0.25) is 4.79 Å². The lowest BCUT2D eigenvalue weighted by molar-refractivity contribution is 0.0786. The maximum atomic E-state index is 12.8. The molecule has 1 N–H and O–H groups in total. The summed E-state index contributed by atoms with van der Waals surface area (Å²) in [5, 5.41) is 3.00. The standard InChI is InChI=1S/C15H15FN4O/c16-11-3-5-12(6-4-11)19-14-10-17-13(9-18-14)15(21)20-7-1-2-8-20/h3-6,9-10H,1-2,7-8H2,(H,18,19). The number of nitrogens with one attached hydrogen (secondary N) is 1. The Balaban J connectivity index is 1.68. The molecule has 0 aliphatic carbocycles. The minimum Gasteiger partial charge on any atom is -0.339 e. The summed E-state index contributed by atoms with van der Waals surface area (Å²) in [6, 6.07) is 5.95. The van der Waals surface area contributed by atoms with Crippen LogP contribution in [-0.4, -0.2) is 33.9 Å². The van der Waals surface area contributed by atoms with Gasteiger partial charge < -0.3 is 10.2 Å². The fourth-order valence-corrected chi connectivity index (χ4v) is 2.27. The Morgan fingerprint density at radius 3 is 2.43 bits per heavy atom. The topological polar surface area (TPSA) is 58.1 Å². The Bertz CT molecular complexity index is 621. The van der Waals surface area contributed by atoms with E-state index in [2.05, 4.69) is 15.3 Å². The normalized spacial score (nSPS) is 14.2. The van der Waals surface area contributed by atoms with Gasteiger partial charge in [-0.25, -0.2) is 14.4 Å². The van der Waals surface area contributed by atoms with Gasteiger partial charge in [-0.2, -0.15) is 0 Å². The number of nitrogens with zero attached hydrogens (tertiary/aromatic N) is 3. The van der Waals surface area contributed by atoms with E-state index in [-0.39, 0.29) is 11.7 Å². The molecule has 1 aliphatic rings. The molecule has 5 nitrogen and oxygen atoms in total. The summed E-state index contributed by atoms with van der Waals surface area (Å²) in [6.07, 6.45) is 5.06. The molecule has 0 saturated carbocycles. The third-order valence-corrected chi connectivity index (χ3v) is 3.38. The third-order valence-electron chi connectivity index (χ3n) is 3.38. The van der Waals surface area contributed by atoms with Crippen LogP contribution < -0.4 is 5.32 Å².